The minimum absolute atomic E-state index is 0.0456. The fourth-order valence-corrected chi connectivity index (χ4v) is 5.39. The third-order valence-electron chi connectivity index (χ3n) is 5.93. The molecule has 0 heterocycles. The van der Waals surface area contributed by atoms with Gasteiger partial charge in [-0.15, -0.1) is 0 Å². The molecule has 3 N–H and O–H groups in total. The summed E-state index contributed by atoms with van der Waals surface area (Å²) in [5, 5.41) is 9.10. The van der Waals surface area contributed by atoms with Gasteiger partial charge in [0.1, 0.15) is 0 Å². The summed E-state index contributed by atoms with van der Waals surface area (Å²) in [7, 11) is 0. The minimum atomic E-state index is -0.660. The van der Waals surface area contributed by atoms with Crippen molar-refractivity contribution >= 4 is 5.97 Å². The van der Waals surface area contributed by atoms with E-state index in [1.807, 2.05) is 0 Å². The number of carboxylic acid groups (broad SMARTS) is 1. The van der Waals surface area contributed by atoms with Crippen LogP contribution in [0.15, 0.2) is 0 Å². The van der Waals surface area contributed by atoms with E-state index >= 15 is 0 Å². The molecule has 3 heteroatoms. The fraction of sp³-hybridized carbons (Fsp3) is 0.923. The molecule has 3 aliphatic rings. The normalized spacial score (nSPS) is 53.5. The highest BCUT2D eigenvalue weighted by molar-refractivity contribution is 5.68. The number of hydrogen-bond donors (Lipinski definition) is 2. The summed E-state index contributed by atoms with van der Waals surface area (Å²) in [6.45, 7) is 2.91. The van der Waals surface area contributed by atoms with E-state index in [1.54, 1.807) is 0 Å². The zero-order valence-electron chi connectivity index (χ0n) is 9.86. The molecule has 0 amide bonds. The number of hydrogen-bond acceptors (Lipinski definition) is 2. The molecule has 0 aromatic heterocycles. The maximum atomic E-state index is 11.1. The lowest BCUT2D eigenvalue weighted by Crippen LogP contribution is -2.58. The van der Waals surface area contributed by atoms with Crippen LogP contribution in [-0.2, 0) is 4.79 Å². The van der Waals surface area contributed by atoms with Crippen LogP contribution in [0.25, 0.3) is 0 Å². The van der Waals surface area contributed by atoms with Crippen molar-refractivity contribution < 1.29 is 9.90 Å². The maximum absolute atomic E-state index is 11.1. The summed E-state index contributed by atoms with van der Waals surface area (Å²) in [6.07, 6.45) is 4.06. The molecule has 0 spiro atoms. The molecule has 0 bridgehead atoms. The van der Waals surface area contributed by atoms with Crippen LogP contribution < -0.4 is 5.73 Å². The summed E-state index contributed by atoms with van der Waals surface area (Å²) in [6, 6.07) is 0. The molecule has 0 aromatic carbocycles. The number of carboxylic acids is 1. The molecule has 3 saturated carbocycles. The predicted molar refractivity (Wildman–Crippen MR) is 60.7 cm³/mol. The van der Waals surface area contributed by atoms with E-state index in [0.29, 0.717) is 24.8 Å². The van der Waals surface area contributed by atoms with Gasteiger partial charge in [0.25, 0.3) is 0 Å². The number of rotatable bonds is 3. The summed E-state index contributed by atoms with van der Waals surface area (Å²) in [5.41, 5.74) is 5.89. The summed E-state index contributed by atoms with van der Waals surface area (Å²) < 4.78 is 0. The third kappa shape index (κ3) is 1.05. The Labute approximate surface area is 96.4 Å². The van der Waals surface area contributed by atoms with Crippen molar-refractivity contribution in [3.05, 3.63) is 0 Å². The van der Waals surface area contributed by atoms with Crippen LogP contribution in [0, 0.1) is 35.0 Å². The van der Waals surface area contributed by atoms with Gasteiger partial charge in [0.15, 0.2) is 0 Å². The predicted octanol–water partition coefficient (Wildman–Crippen LogP) is 1.72. The van der Waals surface area contributed by atoms with Crippen molar-refractivity contribution in [2.75, 3.05) is 6.54 Å². The largest absolute Gasteiger partial charge is 0.481 e. The second-order valence-electron chi connectivity index (χ2n) is 6.25. The van der Waals surface area contributed by atoms with E-state index in [2.05, 4.69) is 6.92 Å². The van der Waals surface area contributed by atoms with Crippen molar-refractivity contribution in [3.8, 4) is 0 Å². The van der Waals surface area contributed by atoms with Gasteiger partial charge in [-0.3, -0.25) is 4.79 Å². The van der Waals surface area contributed by atoms with Gasteiger partial charge in [0.2, 0.25) is 0 Å². The van der Waals surface area contributed by atoms with Crippen LogP contribution in [0.2, 0.25) is 0 Å². The fourth-order valence-electron chi connectivity index (χ4n) is 5.39. The van der Waals surface area contributed by atoms with Crippen LogP contribution in [0.3, 0.4) is 0 Å². The van der Waals surface area contributed by atoms with E-state index in [4.69, 9.17) is 10.8 Å². The number of aliphatic carboxylic acids is 1. The Morgan fingerprint density at radius 2 is 2.19 bits per heavy atom. The Hall–Kier alpha value is -0.570. The first-order chi connectivity index (χ1) is 7.60. The Balaban J connectivity index is 1.89. The molecular weight excluding hydrogens is 202 g/mol. The van der Waals surface area contributed by atoms with Gasteiger partial charge in [-0.2, -0.15) is 0 Å². The molecule has 0 aliphatic heterocycles. The molecule has 16 heavy (non-hydrogen) atoms. The molecular formula is C13H21NO2. The molecule has 3 fully saturated rings. The van der Waals surface area contributed by atoms with Crippen molar-refractivity contribution in [2.24, 2.45) is 40.7 Å². The highest BCUT2D eigenvalue weighted by Gasteiger charge is 2.68. The van der Waals surface area contributed by atoms with Gasteiger partial charge in [-0.1, -0.05) is 6.92 Å². The first kappa shape index (κ1) is 10.6. The van der Waals surface area contributed by atoms with E-state index in [9.17, 15) is 4.79 Å². The summed E-state index contributed by atoms with van der Waals surface area (Å²) in [5.74, 6) is 3.06. The Morgan fingerprint density at radius 3 is 2.81 bits per heavy atom. The standard InChI is InChI=1S/C13H21NO2/c1-7-4-10-12-8(7)2-3-9(12)13(10,6-14)5-11(15)16/h7-10,12H,2-6,14H2,1H3,(H,15,16)/t7?,8-,9-,10+,12+,13+/m0/s1. The van der Waals surface area contributed by atoms with E-state index in [0.717, 1.165) is 17.8 Å². The molecule has 3 aliphatic carbocycles. The average Bonchev–Trinajstić information content (AvgIpc) is 2.73. The van der Waals surface area contributed by atoms with Crippen LogP contribution in [0.5, 0.6) is 0 Å². The molecule has 1 unspecified atom stereocenters. The second kappa shape index (κ2) is 3.22. The van der Waals surface area contributed by atoms with Crippen molar-refractivity contribution in [1.29, 1.82) is 0 Å². The third-order valence-corrected chi connectivity index (χ3v) is 5.93. The van der Waals surface area contributed by atoms with Gasteiger partial charge >= 0.3 is 5.97 Å². The lowest BCUT2D eigenvalue weighted by Gasteiger charge is -2.57. The lowest BCUT2D eigenvalue weighted by molar-refractivity contribution is -0.153. The smallest absolute Gasteiger partial charge is 0.303 e. The zero-order valence-corrected chi connectivity index (χ0v) is 9.86. The van der Waals surface area contributed by atoms with Gasteiger partial charge in [-0.05, 0) is 60.8 Å². The van der Waals surface area contributed by atoms with Crippen LogP contribution in [0.1, 0.15) is 32.6 Å². The highest BCUT2D eigenvalue weighted by atomic mass is 16.4. The van der Waals surface area contributed by atoms with Crippen molar-refractivity contribution in [2.45, 2.75) is 32.6 Å². The first-order valence-corrected chi connectivity index (χ1v) is 6.52. The monoisotopic (exact) mass is 223 g/mol. The van der Waals surface area contributed by atoms with E-state index < -0.39 is 5.97 Å². The van der Waals surface area contributed by atoms with Crippen molar-refractivity contribution in [3.63, 3.8) is 0 Å². The first-order valence-electron chi connectivity index (χ1n) is 6.52. The summed E-state index contributed by atoms with van der Waals surface area (Å²) in [4.78, 5) is 11.1. The molecule has 3 rings (SSSR count). The molecule has 90 valence electrons. The van der Waals surface area contributed by atoms with Crippen LogP contribution in [-0.4, -0.2) is 17.6 Å². The summed E-state index contributed by atoms with van der Waals surface area (Å²) >= 11 is 0. The molecule has 3 nitrogen and oxygen atoms in total. The van der Waals surface area contributed by atoms with E-state index in [1.165, 1.54) is 19.3 Å². The Kier molecular flexibility index (Phi) is 2.13. The van der Waals surface area contributed by atoms with Gasteiger partial charge < -0.3 is 10.8 Å². The molecule has 0 aromatic rings. The second-order valence-corrected chi connectivity index (χ2v) is 6.25. The average molecular weight is 223 g/mol. The van der Waals surface area contributed by atoms with Gasteiger partial charge in [-0.25, -0.2) is 0 Å². The quantitative estimate of drug-likeness (QED) is 0.765. The number of nitrogens with two attached hydrogens (primary N) is 1. The maximum Gasteiger partial charge on any atom is 0.303 e. The van der Waals surface area contributed by atoms with Gasteiger partial charge in [0.05, 0.1) is 6.42 Å². The van der Waals surface area contributed by atoms with E-state index in [-0.39, 0.29) is 5.41 Å². The molecule has 0 saturated heterocycles. The van der Waals surface area contributed by atoms with Crippen LogP contribution >= 0.6 is 0 Å². The Morgan fingerprint density at radius 1 is 1.44 bits per heavy atom. The SMILES string of the molecule is CC1C[C@@H]2[C@@H]3[C@H]1CC[C@@H]3[C@]2(CN)CC(=O)O. The van der Waals surface area contributed by atoms with Crippen molar-refractivity contribution in [1.82, 2.24) is 0 Å². The zero-order chi connectivity index (χ0) is 11.5. The van der Waals surface area contributed by atoms with Crippen LogP contribution in [0.4, 0.5) is 0 Å². The van der Waals surface area contributed by atoms with Gasteiger partial charge in [0, 0.05) is 0 Å². The minimum Gasteiger partial charge on any atom is -0.481 e. The lowest BCUT2D eigenvalue weighted by atomic mass is 9.47. The highest BCUT2D eigenvalue weighted by Crippen LogP contribution is 2.72. The topological polar surface area (TPSA) is 63.3 Å². The molecule has 0 radical (unpaired) electrons. The molecule has 6 atom stereocenters. The Bertz CT molecular complexity index is 330. The number of carbonyl (C=O) groups is 1.